The van der Waals surface area contributed by atoms with E-state index in [2.05, 4.69) is 15.0 Å². The Morgan fingerprint density at radius 3 is 2.78 bits per heavy atom. The number of carboxylic acids is 1. The van der Waals surface area contributed by atoms with E-state index < -0.39 is 16.0 Å². The molecule has 2 N–H and O–H groups in total. The Balaban J connectivity index is 2.02. The van der Waals surface area contributed by atoms with Gasteiger partial charge in [-0.25, -0.2) is 17.9 Å². The maximum Gasteiger partial charge on any atom is 0.358 e. The number of hydrogen-bond donors (Lipinski definition) is 2. The molecule has 0 aliphatic carbocycles. The number of sulfonamides is 1. The number of nitrogens with one attached hydrogen (secondary N) is 1. The summed E-state index contributed by atoms with van der Waals surface area (Å²) in [6, 6.07) is 6.18. The van der Waals surface area contributed by atoms with Gasteiger partial charge in [-0.05, 0) is 30.7 Å². The first kappa shape index (κ1) is 16.6. The Morgan fingerprint density at radius 1 is 1.48 bits per heavy atom. The van der Waals surface area contributed by atoms with Crippen LogP contribution in [0.5, 0.6) is 0 Å². The fourth-order valence-corrected chi connectivity index (χ4v) is 2.92. The number of rotatable bonds is 6. The largest absolute Gasteiger partial charge is 0.476 e. The summed E-state index contributed by atoms with van der Waals surface area (Å²) in [7, 11) is -3.72. The number of carboxylic acid groups (broad SMARTS) is 1. The van der Waals surface area contributed by atoms with E-state index in [1.165, 1.54) is 29.1 Å². The molecule has 0 atom stereocenters. The summed E-state index contributed by atoms with van der Waals surface area (Å²) >= 11 is 0. The topological polar surface area (TPSA) is 138 Å². The summed E-state index contributed by atoms with van der Waals surface area (Å²) in [5, 5.41) is 24.6. The highest BCUT2D eigenvalue weighted by molar-refractivity contribution is 7.89. The lowest BCUT2D eigenvalue weighted by molar-refractivity contribution is 0.0690. The SMILES string of the molecule is Cc1cc(S(=O)(=O)NCCn2cc(C(=O)O)nn2)ccc1C#N. The fourth-order valence-electron chi connectivity index (χ4n) is 1.81. The third-order valence-corrected chi connectivity index (χ3v) is 4.48. The summed E-state index contributed by atoms with van der Waals surface area (Å²) in [5.41, 5.74) is 0.765. The van der Waals surface area contributed by atoms with Crippen LogP contribution in [0.4, 0.5) is 0 Å². The van der Waals surface area contributed by atoms with Gasteiger partial charge < -0.3 is 5.11 Å². The summed E-state index contributed by atoms with van der Waals surface area (Å²) in [4.78, 5) is 10.7. The van der Waals surface area contributed by atoms with Gasteiger partial charge in [0.2, 0.25) is 10.0 Å². The van der Waals surface area contributed by atoms with Gasteiger partial charge >= 0.3 is 5.97 Å². The van der Waals surface area contributed by atoms with Crippen molar-refractivity contribution in [3.63, 3.8) is 0 Å². The van der Waals surface area contributed by atoms with Crippen molar-refractivity contribution in [3.05, 3.63) is 41.2 Å². The lowest BCUT2D eigenvalue weighted by Gasteiger charge is -2.08. The highest BCUT2D eigenvalue weighted by atomic mass is 32.2. The number of carbonyl (C=O) groups is 1. The van der Waals surface area contributed by atoms with Gasteiger partial charge in [0.05, 0.1) is 29.3 Å². The zero-order valence-corrected chi connectivity index (χ0v) is 12.9. The third-order valence-electron chi connectivity index (χ3n) is 3.02. The van der Waals surface area contributed by atoms with E-state index in [-0.39, 0.29) is 23.7 Å². The van der Waals surface area contributed by atoms with E-state index in [1.54, 1.807) is 6.92 Å². The Labute approximate surface area is 132 Å². The number of nitrogens with zero attached hydrogens (tertiary/aromatic N) is 4. The number of aromatic carboxylic acids is 1. The predicted molar refractivity (Wildman–Crippen MR) is 78.1 cm³/mol. The van der Waals surface area contributed by atoms with E-state index in [4.69, 9.17) is 10.4 Å². The van der Waals surface area contributed by atoms with Gasteiger partial charge in [0.15, 0.2) is 5.69 Å². The van der Waals surface area contributed by atoms with Crippen molar-refractivity contribution >= 4 is 16.0 Å². The molecule has 0 saturated heterocycles. The van der Waals surface area contributed by atoms with Crippen molar-refractivity contribution in [2.45, 2.75) is 18.4 Å². The molecule has 0 aliphatic rings. The molecule has 0 unspecified atom stereocenters. The lowest BCUT2D eigenvalue weighted by Crippen LogP contribution is -2.27. The Hall–Kier alpha value is -2.77. The zero-order valence-electron chi connectivity index (χ0n) is 12.1. The van der Waals surface area contributed by atoms with Gasteiger partial charge in [-0.15, -0.1) is 5.10 Å². The van der Waals surface area contributed by atoms with Gasteiger partial charge in [-0.3, -0.25) is 4.68 Å². The van der Waals surface area contributed by atoms with Crippen LogP contribution in [-0.2, 0) is 16.6 Å². The van der Waals surface area contributed by atoms with Crippen LogP contribution in [0.25, 0.3) is 0 Å². The summed E-state index contributed by atoms with van der Waals surface area (Å²) in [6.45, 7) is 1.80. The maximum atomic E-state index is 12.2. The van der Waals surface area contributed by atoms with Gasteiger partial charge in [-0.2, -0.15) is 5.26 Å². The van der Waals surface area contributed by atoms with Crippen molar-refractivity contribution in [1.29, 1.82) is 5.26 Å². The van der Waals surface area contributed by atoms with Crippen molar-refractivity contribution in [2.75, 3.05) is 6.54 Å². The third kappa shape index (κ3) is 3.91. The van der Waals surface area contributed by atoms with Crippen molar-refractivity contribution in [2.24, 2.45) is 0 Å². The molecular formula is C13H13N5O4S. The van der Waals surface area contributed by atoms with Crippen LogP contribution in [0, 0.1) is 18.3 Å². The first-order valence-electron chi connectivity index (χ1n) is 6.47. The van der Waals surface area contributed by atoms with Crippen LogP contribution in [0.1, 0.15) is 21.6 Å². The molecule has 0 bridgehead atoms. The molecule has 120 valence electrons. The van der Waals surface area contributed by atoms with E-state index in [0.29, 0.717) is 11.1 Å². The highest BCUT2D eigenvalue weighted by Crippen LogP contribution is 2.14. The molecule has 0 amide bonds. The lowest BCUT2D eigenvalue weighted by atomic mass is 10.1. The average molecular weight is 335 g/mol. The average Bonchev–Trinajstić information content (AvgIpc) is 2.96. The van der Waals surface area contributed by atoms with Gasteiger partial charge in [-0.1, -0.05) is 5.21 Å². The number of benzene rings is 1. The van der Waals surface area contributed by atoms with E-state index in [1.807, 2.05) is 6.07 Å². The Morgan fingerprint density at radius 2 is 2.22 bits per heavy atom. The molecule has 0 radical (unpaired) electrons. The highest BCUT2D eigenvalue weighted by Gasteiger charge is 2.15. The Bertz CT molecular complexity index is 882. The van der Waals surface area contributed by atoms with Crippen molar-refractivity contribution in [1.82, 2.24) is 19.7 Å². The van der Waals surface area contributed by atoms with Gasteiger partial charge in [0, 0.05) is 6.54 Å². The Kier molecular flexibility index (Phi) is 4.73. The second-order valence-electron chi connectivity index (χ2n) is 4.66. The normalized spacial score (nSPS) is 11.1. The monoisotopic (exact) mass is 335 g/mol. The molecule has 10 heteroatoms. The van der Waals surface area contributed by atoms with Gasteiger partial charge in [0.1, 0.15) is 0 Å². The van der Waals surface area contributed by atoms with E-state index in [0.717, 1.165) is 0 Å². The molecule has 23 heavy (non-hydrogen) atoms. The van der Waals surface area contributed by atoms with Crippen LogP contribution >= 0.6 is 0 Å². The number of hydrogen-bond acceptors (Lipinski definition) is 6. The predicted octanol–water partition coefficient (Wildman–Crippen LogP) is 0.135. The molecular weight excluding hydrogens is 322 g/mol. The summed E-state index contributed by atoms with van der Waals surface area (Å²) in [5.74, 6) is -1.20. The summed E-state index contributed by atoms with van der Waals surface area (Å²) in [6.07, 6.45) is 1.21. The number of aryl methyl sites for hydroxylation is 1. The van der Waals surface area contributed by atoms with Crippen LogP contribution in [-0.4, -0.2) is 41.0 Å². The smallest absolute Gasteiger partial charge is 0.358 e. The molecule has 0 spiro atoms. The number of aromatic nitrogens is 3. The standard InChI is InChI=1S/C13H13N5O4S/c1-9-6-11(3-2-10(9)7-14)23(21,22)15-4-5-18-8-12(13(19)20)16-17-18/h2-3,6,8,15H,4-5H2,1H3,(H,19,20). The molecule has 2 aromatic rings. The van der Waals surface area contributed by atoms with Crippen LogP contribution in [0.15, 0.2) is 29.3 Å². The first-order valence-corrected chi connectivity index (χ1v) is 7.95. The second-order valence-corrected chi connectivity index (χ2v) is 6.43. The molecule has 0 aliphatic heterocycles. The molecule has 0 fully saturated rings. The first-order chi connectivity index (χ1) is 10.8. The van der Waals surface area contributed by atoms with E-state index >= 15 is 0 Å². The second kappa shape index (κ2) is 6.55. The molecule has 1 aromatic carbocycles. The quantitative estimate of drug-likeness (QED) is 0.765. The van der Waals surface area contributed by atoms with Crippen molar-refractivity contribution < 1.29 is 18.3 Å². The minimum atomic E-state index is -3.72. The van der Waals surface area contributed by atoms with Crippen LogP contribution in [0.3, 0.4) is 0 Å². The zero-order chi connectivity index (χ0) is 17.0. The molecule has 9 nitrogen and oxygen atoms in total. The van der Waals surface area contributed by atoms with Crippen LogP contribution in [0.2, 0.25) is 0 Å². The van der Waals surface area contributed by atoms with Crippen molar-refractivity contribution in [3.8, 4) is 6.07 Å². The van der Waals surface area contributed by atoms with E-state index in [9.17, 15) is 13.2 Å². The minimum Gasteiger partial charge on any atom is -0.476 e. The van der Waals surface area contributed by atoms with Gasteiger partial charge in [0.25, 0.3) is 0 Å². The minimum absolute atomic E-state index is 0.0177. The number of nitriles is 1. The summed E-state index contributed by atoms with van der Waals surface area (Å²) < 4.78 is 27.9. The molecule has 0 saturated carbocycles. The molecule has 1 heterocycles. The molecule has 2 rings (SSSR count). The van der Waals surface area contributed by atoms with Crippen LogP contribution < -0.4 is 4.72 Å². The fraction of sp³-hybridized carbons (Fsp3) is 0.231. The molecule has 1 aromatic heterocycles. The maximum absolute atomic E-state index is 12.2.